The summed E-state index contributed by atoms with van der Waals surface area (Å²) in [4.78, 5) is 18.4. The first-order valence-corrected chi connectivity index (χ1v) is 21.5. The summed E-state index contributed by atoms with van der Waals surface area (Å²) in [6.45, 7) is 6.81. The van der Waals surface area contributed by atoms with Crippen molar-refractivity contribution in [1.29, 1.82) is 0 Å². The third-order valence-electron chi connectivity index (χ3n) is 13.3. The summed E-state index contributed by atoms with van der Waals surface area (Å²) in [6.07, 6.45) is 10.7. The Bertz CT molecular complexity index is 2060. The van der Waals surface area contributed by atoms with Crippen molar-refractivity contribution >= 4 is 23.3 Å². The van der Waals surface area contributed by atoms with Gasteiger partial charge >= 0.3 is 5.97 Å². The molecule has 308 valence electrons. The summed E-state index contributed by atoms with van der Waals surface area (Å²) in [5, 5.41) is 4.21. The van der Waals surface area contributed by atoms with Gasteiger partial charge in [-0.2, -0.15) is 0 Å². The van der Waals surface area contributed by atoms with Crippen LogP contribution in [0.3, 0.4) is 0 Å². The fourth-order valence-electron chi connectivity index (χ4n) is 10.2. The maximum atomic E-state index is 13.7. The van der Waals surface area contributed by atoms with E-state index in [2.05, 4.69) is 31.3 Å². The molecule has 0 saturated heterocycles. The number of methoxy groups -OCH3 is 2. The molecule has 4 atom stereocenters. The van der Waals surface area contributed by atoms with E-state index in [1.165, 1.54) is 42.3 Å². The number of esters is 1. The summed E-state index contributed by atoms with van der Waals surface area (Å²) in [7, 11) is 3.15. The van der Waals surface area contributed by atoms with E-state index in [9.17, 15) is 4.79 Å². The van der Waals surface area contributed by atoms with Crippen LogP contribution in [-0.4, -0.2) is 56.6 Å². The van der Waals surface area contributed by atoms with Crippen molar-refractivity contribution in [1.82, 2.24) is 4.98 Å². The zero-order valence-corrected chi connectivity index (χ0v) is 35.1. The number of aryl methyl sites for hydroxylation is 1. The van der Waals surface area contributed by atoms with Crippen molar-refractivity contribution in [2.45, 2.75) is 108 Å². The predicted octanol–water partition coefficient (Wildman–Crippen LogP) is 10.0. The molecule has 1 spiro atoms. The molecule has 9 nitrogen and oxygen atoms in total. The van der Waals surface area contributed by atoms with Gasteiger partial charge in [0, 0.05) is 34.6 Å². The Morgan fingerprint density at radius 1 is 1.03 bits per heavy atom. The molecule has 0 radical (unpaired) electrons. The van der Waals surface area contributed by atoms with Crippen LogP contribution in [0.25, 0.3) is 0 Å². The molecule has 1 saturated carbocycles. The number of hydrogen-bond acceptors (Lipinski definition) is 9. The van der Waals surface area contributed by atoms with Crippen molar-refractivity contribution in [2.24, 2.45) is 11.8 Å². The number of carbonyl (C=O) groups is 1. The number of benzene rings is 3. The molecule has 0 unspecified atom stereocenters. The molecule has 2 heterocycles. The monoisotopic (exact) mass is 808 g/mol. The number of anilines is 1. The summed E-state index contributed by atoms with van der Waals surface area (Å²) in [5.41, 5.74) is 6.00. The average molecular weight is 809 g/mol. The minimum absolute atomic E-state index is 0.117. The normalized spacial score (nSPS) is 25.0. The quantitative estimate of drug-likeness (QED) is 0.0987. The predicted molar refractivity (Wildman–Crippen MR) is 226 cm³/mol. The molecule has 1 N–H and O–H groups in total. The Morgan fingerprint density at radius 2 is 1.86 bits per heavy atom. The van der Waals surface area contributed by atoms with Crippen LogP contribution in [0.15, 0.2) is 72.9 Å². The van der Waals surface area contributed by atoms with E-state index in [0.717, 1.165) is 66.4 Å². The average Bonchev–Trinajstić information content (AvgIpc) is 3.51. The lowest BCUT2D eigenvalue weighted by Gasteiger charge is -2.48. The molecule has 1 fully saturated rings. The second-order valence-electron chi connectivity index (χ2n) is 17.1. The van der Waals surface area contributed by atoms with E-state index in [1.54, 1.807) is 7.11 Å². The van der Waals surface area contributed by atoms with Crippen LogP contribution in [0.2, 0.25) is 5.02 Å². The van der Waals surface area contributed by atoms with Gasteiger partial charge in [0.05, 0.1) is 34.0 Å². The number of pyridine rings is 1. The second kappa shape index (κ2) is 17.4. The van der Waals surface area contributed by atoms with Crippen LogP contribution < -0.4 is 24.3 Å². The highest BCUT2D eigenvalue weighted by Crippen LogP contribution is 2.58. The van der Waals surface area contributed by atoms with Gasteiger partial charge in [-0.25, -0.2) is 4.79 Å². The molecule has 1 aliphatic heterocycles. The third kappa shape index (κ3) is 8.35. The van der Waals surface area contributed by atoms with Gasteiger partial charge < -0.3 is 33.7 Å². The summed E-state index contributed by atoms with van der Waals surface area (Å²) < 4.78 is 36.5. The number of halogens is 1. The first-order chi connectivity index (χ1) is 28.2. The van der Waals surface area contributed by atoms with Gasteiger partial charge in [0.2, 0.25) is 0 Å². The smallest absolute Gasteiger partial charge is 0.331 e. The van der Waals surface area contributed by atoms with Gasteiger partial charge in [-0.3, -0.25) is 4.98 Å². The largest absolute Gasteiger partial charge is 0.497 e. The topological polar surface area (TPSA) is 97.4 Å². The van der Waals surface area contributed by atoms with Gasteiger partial charge in [-0.15, -0.1) is 0 Å². The Labute approximate surface area is 348 Å². The van der Waals surface area contributed by atoms with Crippen LogP contribution in [-0.2, 0) is 39.1 Å². The minimum Gasteiger partial charge on any atom is -0.497 e. The highest BCUT2D eigenvalue weighted by atomic mass is 35.5. The first kappa shape index (κ1) is 40.3. The van der Waals surface area contributed by atoms with E-state index in [4.69, 9.17) is 45.0 Å². The lowest BCUT2D eigenvalue weighted by molar-refractivity contribution is -0.148. The minimum atomic E-state index is -0.866. The number of fused-ring (bicyclic) bond motifs is 4. The highest BCUT2D eigenvalue weighted by molar-refractivity contribution is 6.30. The van der Waals surface area contributed by atoms with Crippen LogP contribution in [0.5, 0.6) is 23.0 Å². The van der Waals surface area contributed by atoms with Gasteiger partial charge in [0.15, 0.2) is 11.5 Å². The second-order valence-corrected chi connectivity index (χ2v) is 17.5. The molecule has 10 heteroatoms. The fraction of sp³-hybridized carbons (Fsp3) is 0.500. The lowest BCUT2D eigenvalue weighted by Crippen LogP contribution is -2.53. The van der Waals surface area contributed by atoms with E-state index in [0.29, 0.717) is 68.5 Å². The Balaban J connectivity index is 1.01. The number of hydrogen-bond donors (Lipinski definition) is 1. The van der Waals surface area contributed by atoms with E-state index in [-0.39, 0.29) is 17.5 Å². The van der Waals surface area contributed by atoms with E-state index >= 15 is 0 Å². The van der Waals surface area contributed by atoms with E-state index < -0.39 is 5.54 Å². The Kier molecular flexibility index (Phi) is 12.1. The summed E-state index contributed by atoms with van der Waals surface area (Å²) in [5.74, 6) is 4.28. The Morgan fingerprint density at radius 3 is 2.64 bits per heavy atom. The first-order valence-electron chi connectivity index (χ1n) is 21.1. The fourth-order valence-corrected chi connectivity index (χ4v) is 10.4. The molecule has 8 rings (SSSR count). The standard InChI is InChI=1S/C48H57ClN2O7/c1-31(28-56-42-15-21-50-41-10-5-7-32(2)45(41)42)23-35-24-34-25-43-44(58-39(30-57-43)16-22-55-29-33-11-13-38(53-3)14-12-33)27-40(34)47(35)17-19-48(20-18-47,46(52)54-4)51-37-9-6-8-36(49)26-37/h6,8-9,11-15,21,25-27,31-32,35,39,51H,5,7,10,16-20,22-24,28-30H2,1-4H3/t31-,32-,35+,39-,47?,48?/m1/s1. The maximum absolute atomic E-state index is 13.7. The van der Waals surface area contributed by atoms with Crippen molar-refractivity contribution in [3.05, 3.63) is 106 Å². The molecule has 0 bridgehead atoms. The van der Waals surface area contributed by atoms with Gasteiger partial charge in [-0.05, 0) is 146 Å². The molecule has 4 aliphatic rings. The molecule has 3 aliphatic carbocycles. The van der Waals surface area contributed by atoms with Gasteiger partial charge in [-0.1, -0.05) is 43.6 Å². The number of ether oxygens (including phenoxy) is 6. The summed E-state index contributed by atoms with van der Waals surface area (Å²) in [6, 6.07) is 22.0. The molecular weight excluding hydrogens is 752 g/mol. The highest BCUT2D eigenvalue weighted by Gasteiger charge is 2.55. The zero-order valence-electron chi connectivity index (χ0n) is 34.3. The Hall–Kier alpha value is -4.47. The van der Waals surface area contributed by atoms with Crippen LogP contribution in [0.4, 0.5) is 5.69 Å². The number of carbonyl (C=O) groups excluding carboxylic acids is 1. The van der Waals surface area contributed by atoms with Crippen molar-refractivity contribution in [3.8, 4) is 23.0 Å². The molecule has 0 amide bonds. The lowest BCUT2D eigenvalue weighted by atomic mass is 9.59. The molecular formula is C48H57ClN2O7. The zero-order chi connectivity index (χ0) is 40.3. The van der Waals surface area contributed by atoms with Crippen LogP contribution in [0.1, 0.15) is 99.1 Å². The van der Waals surface area contributed by atoms with Gasteiger partial charge in [0.25, 0.3) is 0 Å². The molecule has 1 aromatic heterocycles. The van der Waals surface area contributed by atoms with Crippen LogP contribution in [0, 0.1) is 11.8 Å². The maximum Gasteiger partial charge on any atom is 0.331 e. The molecule has 3 aromatic carbocycles. The number of nitrogens with one attached hydrogen (secondary N) is 1. The summed E-state index contributed by atoms with van der Waals surface area (Å²) >= 11 is 6.39. The number of nitrogens with zero attached hydrogens (tertiary/aromatic N) is 1. The van der Waals surface area contributed by atoms with E-state index in [1.807, 2.05) is 60.8 Å². The van der Waals surface area contributed by atoms with Crippen molar-refractivity contribution in [3.63, 3.8) is 0 Å². The SMILES string of the molecule is COC(=O)C1(Nc2cccc(Cl)c2)CCC2(CC1)c1cc3c(cc1C[C@@H]2C[C@@H](C)COc1ccnc2c1[C@H](C)CCC2)OC[C@@H](CCOCc1ccc(OC)cc1)O3. The third-order valence-corrected chi connectivity index (χ3v) is 13.5. The van der Waals surface area contributed by atoms with Crippen LogP contribution >= 0.6 is 11.6 Å². The molecule has 4 aromatic rings. The van der Waals surface area contributed by atoms with Gasteiger partial charge in [0.1, 0.15) is 29.7 Å². The van der Waals surface area contributed by atoms with Crippen molar-refractivity contribution < 1.29 is 33.2 Å². The number of aromatic nitrogens is 1. The van der Waals surface area contributed by atoms with Crippen molar-refractivity contribution in [2.75, 3.05) is 39.4 Å². The number of rotatable bonds is 14. The molecule has 58 heavy (non-hydrogen) atoms.